The molecular weight excluding hydrogens is 190 g/mol. The fraction of sp³-hybridized carbons (Fsp3) is 0.917. The molecule has 15 heavy (non-hydrogen) atoms. The molecule has 1 saturated heterocycles. The zero-order valence-corrected chi connectivity index (χ0v) is 11.0. The van der Waals surface area contributed by atoms with Gasteiger partial charge in [0.2, 0.25) is 0 Å². The molecule has 0 spiro atoms. The van der Waals surface area contributed by atoms with Crippen LogP contribution in [0.5, 0.6) is 0 Å². The van der Waals surface area contributed by atoms with Gasteiger partial charge in [0.25, 0.3) is 0 Å². The maximum atomic E-state index is 11.5. The second kappa shape index (κ2) is 6.11. The highest BCUT2D eigenvalue weighted by Gasteiger charge is 2.44. The van der Waals surface area contributed by atoms with Crippen molar-refractivity contribution in [3.05, 3.63) is 0 Å². The number of hydrogen-bond donors (Lipinski definition) is 0. The van der Waals surface area contributed by atoms with Gasteiger partial charge in [0.1, 0.15) is 6.04 Å². The van der Waals surface area contributed by atoms with E-state index in [4.69, 9.17) is 4.74 Å². The zero-order chi connectivity index (χ0) is 12.1. The molecule has 0 aromatic rings. The van der Waals surface area contributed by atoms with Crippen molar-refractivity contribution in [3.63, 3.8) is 0 Å². The van der Waals surface area contributed by atoms with E-state index in [9.17, 15) is 4.79 Å². The lowest BCUT2D eigenvalue weighted by Crippen LogP contribution is -2.43. The maximum absolute atomic E-state index is 11.5. The van der Waals surface area contributed by atoms with Gasteiger partial charge in [-0.15, -0.1) is 0 Å². The van der Waals surface area contributed by atoms with Gasteiger partial charge in [-0.05, 0) is 24.9 Å². The van der Waals surface area contributed by atoms with Gasteiger partial charge in [0.05, 0.1) is 7.11 Å². The number of methoxy groups -OCH3 is 1. The van der Waals surface area contributed by atoms with Crippen molar-refractivity contribution in [3.8, 4) is 0 Å². The summed E-state index contributed by atoms with van der Waals surface area (Å²) in [5.74, 6) is -0.0932. The highest BCUT2D eigenvalue weighted by Crippen LogP contribution is 2.36. The number of nitrogens with zero attached hydrogens (tertiary/aromatic N) is 1. The van der Waals surface area contributed by atoms with E-state index in [0.29, 0.717) is 0 Å². The minimum atomic E-state index is -0.0932. The van der Waals surface area contributed by atoms with Gasteiger partial charge in [-0.1, -0.05) is 34.6 Å². The van der Waals surface area contributed by atoms with Crippen LogP contribution < -0.4 is 0 Å². The van der Waals surface area contributed by atoms with Crippen molar-refractivity contribution in [1.29, 1.82) is 0 Å². The number of hydrogen-bond acceptors (Lipinski definition) is 3. The number of carbonyl (C=O) groups excluding carboxylic acids is 1. The molecule has 1 aliphatic rings. The van der Waals surface area contributed by atoms with Gasteiger partial charge in [0, 0.05) is 0 Å². The molecule has 3 heteroatoms. The first-order chi connectivity index (χ1) is 7.03. The molecule has 1 aliphatic heterocycles. The Morgan fingerprint density at radius 2 is 2.00 bits per heavy atom. The number of rotatable bonds is 2. The summed E-state index contributed by atoms with van der Waals surface area (Å²) in [5, 5.41) is 0. The SMILES string of the molecule is CC.CCN1CCC(C)(C)C1C(=O)OC. The lowest BCUT2D eigenvalue weighted by molar-refractivity contribution is -0.148. The molecule has 0 aliphatic carbocycles. The number of ether oxygens (including phenoxy) is 1. The summed E-state index contributed by atoms with van der Waals surface area (Å²) in [5.41, 5.74) is 0.0586. The molecule has 1 heterocycles. The van der Waals surface area contributed by atoms with Crippen LogP contribution in [0.15, 0.2) is 0 Å². The second-order valence-corrected chi connectivity index (χ2v) is 4.29. The second-order valence-electron chi connectivity index (χ2n) is 4.29. The molecule has 0 radical (unpaired) electrons. The highest BCUT2D eigenvalue weighted by atomic mass is 16.5. The van der Waals surface area contributed by atoms with Crippen molar-refractivity contribution in [2.75, 3.05) is 20.2 Å². The van der Waals surface area contributed by atoms with Crippen LogP contribution in [-0.2, 0) is 9.53 Å². The van der Waals surface area contributed by atoms with Crippen LogP contribution in [0, 0.1) is 5.41 Å². The van der Waals surface area contributed by atoms with Crippen molar-refractivity contribution < 1.29 is 9.53 Å². The summed E-state index contributed by atoms with van der Waals surface area (Å²) in [6.45, 7) is 12.3. The monoisotopic (exact) mass is 215 g/mol. The third-order valence-corrected chi connectivity index (χ3v) is 2.98. The molecule has 1 fully saturated rings. The van der Waals surface area contributed by atoms with Gasteiger partial charge >= 0.3 is 5.97 Å². The van der Waals surface area contributed by atoms with Crippen LogP contribution >= 0.6 is 0 Å². The highest BCUT2D eigenvalue weighted by molar-refractivity contribution is 5.77. The minimum Gasteiger partial charge on any atom is -0.468 e. The number of likely N-dealkylation sites (tertiary alicyclic amines) is 1. The first-order valence-corrected chi connectivity index (χ1v) is 5.85. The summed E-state index contributed by atoms with van der Waals surface area (Å²) >= 11 is 0. The summed E-state index contributed by atoms with van der Waals surface area (Å²) < 4.78 is 4.82. The van der Waals surface area contributed by atoms with Gasteiger partial charge in [0.15, 0.2) is 0 Å². The van der Waals surface area contributed by atoms with Crippen molar-refractivity contribution in [2.45, 2.75) is 47.1 Å². The zero-order valence-electron chi connectivity index (χ0n) is 11.0. The van der Waals surface area contributed by atoms with E-state index in [2.05, 4.69) is 25.7 Å². The summed E-state index contributed by atoms with van der Waals surface area (Å²) in [6, 6.07) is -0.0532. The lowest BCUT2D eigenvalue weighted by atomic mass is 9.85. The van der Waals surface area contributed by atoms with E-state index in [1.165, 1.54) is 7.11 Å². The average molecular weight is 215 g/mol. The third-order valence-electron chi connectivity index (χ3n) is 2.98. The predicted molar refractivity (Wildman–Crippen MR) is 62.8 cm³/mol. The van der Waals surface area contributed by atoms with Gasteiger partial charge in [-0.25, -0.2) is 0 Å². The third kappa shape index (κ3) is 3.20. The molecule has 0 aromatic heterocycles. The van der Waals surface area contributed by atoms with E-state index < -0.39 is 0 Å². The molecule has 0 aromatic carbocycles. The molecular formula is C12H25NO2. The first kappa shape index (κ1) is 14.4. The smallest absolute Gasteiger partial charge is 0.323 e. The molecule has 1 atom stereocenters. The van der Waals surface area contributed by atoms with Gasteiger partial charge < -0.3 is 4.74 Å². The molecule has 0 bridgehead atoms. The van der Waals surface area contributed by atoms with Crippen LogP contribution in [0.2, 0.25) is 0 Å². The van der Waals surface area contributed by atoms with Crippen molar-refractivity contribution in [1.82, 2.24) is 4.90 Å². The van der Waals surface area contributed by atoms with Crippen molar-refractivity contribution in [2.24, 2.45) is 5.41 Å². The summed E-state index contributed by atoms with van der Waals surface area (Å²) in [7, 11) is 1.46. The fourth-order valence-corrected chi connectivity index (χ4v) is 2.11. The van der Waals surface area contributed by atoms with E-state index in [1.54, 1.807) is 0 Å². The van der Waals surface area contributed by atoms with Gasteiger partial charge in [-0.2, -0.15) is 0 Å². The van der Waals surface area contributed by atoms with Crippen molar-refractivity contribution >= 4 is 5.97 Å². The minimum absolute atomic E-state index is 0.0532. The van der Waals surface area contributed by atoms with E-state index in [1.807, 2.05) is 13.8 Å². The number of likely N-dealkylation sites (N-methyl/N-ethyl adjacent to an activating group) is 1. The van der Waals surface area contributed by atoms with Gasteiger partial charge in [-0.3, -0.25) is 9.69 Å². The van der Waals surface area contributed by atoms with E-state index in [-0.39, 0.29) is 17.4 Å². The molecule has 0 N–H and O–H groups in total. The quantitative estimate of drug-likeness (QED) is 0.662. The number of carbonyl (C=O) groups is 1. The Bertz CT molecular complexity index is 202. The van der Waals surface area contributed by atoms with Crippen LogP contribution in [0.4, 0.5) is 0 Å². The molecule has 3 nitrogen and oxygen atoms in total. The maximum Gasteiger partial charge on any atom is 0.323 e. The summed E-state index contributed by atoms with van der Waals surface area (Å²) in [4.78, 5) is 13.7. The largest absolute Gasteiger partial charge is 0.468 e. The Balaban J connectivity index is 0.000000921. The normalized spacial score (nSPS) is 24.3. The topological polar surface area (TPSA) is 29.5 Å². The standard InChI is InChI=1S/C10H19NO2.C2H6/c1-5-11-7-6-10(2,3)8(11)9(12)13-4;1-2/h8H,5-7H2,1-4H3;1-2H3. The van der Waals surface area contributed by atoms with Crippen LogP contribution in [-0.4, -0.2) is 37.1 Å². The molecule has 90 valence electrons. The van der Waals surface area contributed by atoms with Crippen LogP contribution in [0.25, 0.3) is 0 Å². The first-order valence-electron chi connectivity index (χ1n) is 5.85. The van der Waals surface area contributed by atoms with Crippen LogP contribution in [0.3, 0.4) is 0 Å². The Labute approximate surface area is 93.8 Å². The fourth-order valence-electron chi connectivity index (χ4n) is 2.11. The molecule has 0 amide bonds. The predicted octanol–water partition coefficient (Wildman–Crippen LogP) is 2.31. The molecule has 0 saturated carbocycles. The average Bonchev–Trinajstić information content (AvgIpc) is 2.55. The number of esters is 1. The molecule has 1 rings (SSSR count). The van der Waals surface area contributed by atoms with E-state index >= 15 is 0 Å². The Morgan fingerprint density at radius 1 is 1.47 bits per heavy atom. The summed E-state index contributed by atoms with van der Waals surface area (Å²) in [6.07, 6.45) is 1.07. The molecule has 1 unspecified atom stereocenters. The Hall–Kier alpha value is -0.570. The van der Waals surface area contributed by atoms with Crippen LogP contribution in [0.1, 0.15) is 41.0 Å². The Kier molecular flexibility index (Phi) is 5.88. The Morgan fingerprint density at radius 3 is 2.40 bits per heavy atom. The lowest BCUT2D eigenvalue weighted by Gasteiger charge is -2.29. The van der Waals surface area contributed by atoms with E-state index in [0.717, 1.165) is 19.5 Å².